The minimum absolute atomic E-state index is 0.0520. The molecule has 0 spiro atoms. The van der Waals surface area contributed by atoms with Gasteiger partial charge in [0.25, 0.3) is 0 Å². The molecule has 2 aliphatic rings. The Morgan fingerprint density at radius 1 is 1.12 bits per heavy atom. The second kappa shape index (κ2) is 9.08. The zero-order valence-corrected chi connectivity index (χ0v) is 19.6. The third-order valence-electron chi connectivity index (χ3n) is 7.31. The van der Waals surface area contributed by atoms with Crippen molar-refractivity contribution >= 4 is 28.8 Å². The van der Waals surface area contributed by atoms with Crippen LogP contribution in [-0.4, -0.2) is 54.9 Å². The Kier molecular flexibility index (Phi) is 5.97. The van der Waals surface area contributed by atoms with Crippen LogP contribution in [0.3, 0.4) is 0 Å². The molecule has 0 bridgehead atoms. The number of carboxylic acids is 1. The summed E-state index contributed by atoms with van der Waals surface area (Å²) >= 11 is 0. The molecule has 1 saturated carbocycles. The molecule has 3 heterocycles. The van der Waals surface area contributed by atoms with Crippen LogP contribution in [0, 0.1) is 5.92 Å². The highest BCUT2D eigenvalue weighted by molar-refractivity contribution is 5.95. The SMILES string of the molecule is COC(=O)N1c2ccc3c(nc(CCn4nccn4)n3[C@H]3CC[C@H](C(=O)O)CC3)c2CC[C@@H]1C. The Morgan fingerprint density at radius 3 is 2.53 bits per heavy atom. The predicted octanol–water partition coefficient (Wildman–Crippen LogP) is 3.59. The van der Waals surface area contributed by atoms with E-state index in [1.165, 1.54) is 7.11 Å². The van der Waals surface area contributed by atoms with E-state index in [-0.39, 0.29) is 24.1 Å². The number of rotatable bonds is 5. The van der Waals surface area contributed by atoms with Crippen LogP contribution in [0.4, 0.5) is 10.5 Å². The van der Waals surface area contributed by atoms with Crippen molar-refractivity contribution in [3.05, 3.63) is 35.9 Å². The van der Waals surface area contributed by atoms with Gasteiger partial charge in [-0.05, 0) is 57.6 Å². The van der Waals surface area contributed by atoms with E-state index >= 15 is 0 Å². The Labute approximate surface area is 197 Å². The van der Waals surface area contributed by atoms with Crippen LogP contribution in [0.2, 0.25) is 0 Å². The summed E-state index contributed by atoms with van der Waals surface area (Å²) in [6, 6.07) is 4.30. The van der Waals surface area contributed by atoms with Gasteiger partial charge in [0.1, 0.15) is 5.82 Å². The average molecular weight is 467 g/mol. The molecule has 0 unspecified atom stereocenters. The van der Waals surface area contributed by atoms with E-state index in [2.05, 4.69) is 14.8 Å². The van der Waals surface area contributed by atoms with Crippen molar-refractivity contribution in [1.29, 1.82) is 0 Å². The van der Waals surface area contributed by atoms with Crippen molar-refractivity contribution < 1.29 is 19.4 Å². The van der Waals surface area contributed by atoms with Crippen molar-refractivity contribution in [3.8, 4) is 0 Å². The summed E-state index contributed by atoms with van der Waals surface area (Å²) in [5.74, 6) is -0.0293. The number of imidazole rings is 1. The highest BCUT2D eigenvalue weighted by atomic mass is 16.5. The lowest BCUT2D eigenvalue weighted by atomic mass is 9.86. The van der Waals surface area contributed by atoms with Crippen LogP contribution < -0.4 is 4.90 Å². The second-order valence-corrected chi connectivity index (χ2v) is 9.28. The molecular weight excluding hydrogens is 436 g/mol. The fourth-order valence-corrected chi connectivity index (χ4v) is 5.55. The lowest BCUT2D eigenvalue weighted by molar-refractivity contribution is -0.143. The Morgan fingerprint density at radius 2 is 1.85 bits per heavy atom. The molecule has 1 aliphatic heterocycles. The van der Waals surface area contributed by atoms with Gasteiger partial charge in [-0.25, -0.2) is 9.78 Å². The number of aromatic nitrogens is 5. The van der Waals surface area contributed by atoms with Gasteiger partial charge in [-0.1, -0.05) is 0 Å². The van der Waals surface area contributed by atoms with Gasteiger partial charge in [0.2, 0.25) is 0 Å². The zero-order chi connectivity index (χ0) is 23.8. The van der Waals surface area contributed by atoms with Gasteiger partial charge in [-0.2, -0.15) is 15.0 Å². The largest absolute Gasteiger partial charge is 0.481 e. The molecule has 1 fully saturated rings. The molecule has 5 rings (SSSR count). The molecule has 34 heavy (non-hydrogen) atoms. The van der Waals surface area contributed by atoms with Crippen LogP contribution in [0.25, 0.3) is 11.0 Å². The van der Waals surface area contributed by atoms with E-state index in [4.69, 9.17) is 9.72 Å². The maximum absolute atomic E-state index is 12.5. The number of carboxylic acid groups (broad SMARTS) is 1. The number of hydrogen-bond acceptors (Lipinski definition) is 6. The zero-order valence-electron chi connectivity index (χ0n) is 19.6. The number of fused-ring (bicyclic) bond motifs is 3. The van der Waals surface area contributed by atoms with E-state index < -0.39 is 5.97 Å². The molecule has 0 saturated heterocycles. The van der Waals surface area contributed by atoms with Crippen LogP contribution in [0.5, 0.6) is 0 Å². The van der Waals surface area contributed by atoms with Crippen molar-refractivity contribution in [3.63, 3.8) is 0 Å². The fourth-order valence-electron chi connectivity index (χ4n) is 5.55. The minimum atomic E-state index is -0.704. The number of methoxy groups -OCH3 is 1. The van der Waals surface area contributed by atoms with E-state index in [0.717, 1.165) is 53.8 Å². The molecule has 0 radical (unpaired) electrons. The Bertz CT molecular complexity index is 1200. The number of amides is 1. The quantitative estimate of drug-likeness (QED) is 0.611. The third kappa shape index (κ3) is 3.91. The van der Waals surface area contributed by atoms with Crippen molar-refractivity contribution in [2.24, 2.45) is 5.92 Å². The van der Waals surface area contributed by atoms with Crippen molar-refractivity contribution in [2.45, 2.75) is 70.5 Å². The van der Waals surface area contributed by atoms with Crippen LogP contribution in [0.1, 0.15) is 56.5 Å². The molecule has 1 aliphatic carbocycles. The maximum atomic E-state index is 12.5. The number of aryl methyl sites for hydroxylation is 3. The number of nitrogens with zero attached hydrogens (tertiary/aromatic N) is 6. The van der Waals surface area contributed by atoms with Crippen LogP contribution in [-0.2, 0) is 28.9 Å². The lowest BCUT2D eigenvalue weighted by Gasteiger charge is -2.34. The number of aliphatic carboxylic acids is 1. The standard InChI is InChI=1S/C24H30N6O4/c1-15-3-8-18-19(29(15)24(33)34-2)9-10-20-22(18)27-21(11-14-28-25-12-13-26-28)30(20)17-6-4-16(5-7-17)23(31)32/h9-10,12-13,15-17H,3-8,11,14H2,1-2H3,(H,31,32)/t15-,16-,17-/m0/s1. The van der Waals surface area contributed by atoms with Gasteiger partial charge >= 0.3 is 12.1 Å². The first-order chi connectivity index (χ1) is 16.5. The second-order valence-electron chi connectivity index (χ2n) is 9.28. The normalized spacial score (nSPS) is 22.5. The highest BCUT2D eigenvalue weighted by Gasteiger charge is 2.33. The van der Waals surface area contributed by atoms with Crippen molar-refractivity contribution in [1.82, 2.24) is 24.5 Å². The molecule has 1 atom stereocenters. The number of carbonyl (C=O) groups is 2. The molecule has 10 nitrogen and oxygen atoms in total. The number of benzene rings is 1. The summed E-state index contributed by atoms with van der Waals surface area (Å²) in [5.41, 5.74) is 3.89. The lowest BCUT2D eigenvalue weighted by Crippen LogP contribution is -2.42. The summed E-state index contributed by atoms with van der Waals surface area (Å²) in [4.78, 5) is 32.5. The summed E-state index contributed by atoms with van der Waals surface area (Å²) in [6.07, 6.45) is 8.24. The summed E-state index contributed by atoms with van der Waals surface area (Å²) < 4.78 is 7.36. The first kappa shape index (κ1) is 22.4. The number of carbonyl (C=O) groups excluding carboxylic acids is 1. The van der Waals surface area contributed by atoms with Gasteiger partial charge in [0.15, 0.2) is 0 Å². The smallest absolute Gasteiger partial charge is 0.414 e. The van der Waals surface area contributed by atoms with E-state index in [1.54, 1.807) is 22.1 Å². The first-order valence-electron chi connectivity index (χ1n) is 11.9. The molecule has 3 aromatic rings. The van der Waals surface area contributed by atoms with Gasteiger partial charge in [0, 0.05) is 24.1 Å². The van der Waals surface area contributed by atoms with E-state index in [0.29, 0.717) is 25.8 Å². The topological polar surface area (TPSA) is 115 Å². The number of hydrogen-bond donors (Lipinski definition) is 1. The van der Waals surface area contributed by atoms with Gasteiger partial charge in [-0.15, -0.1) is 0 Å². The monoisotopic (exact) mass is 466 g/mol. The van der Waals surface area contributed by atoms with Gasteiger partial charge in [0.05, 0.1) is 48.7 Å². The summed E-state index contributed by atoms with van der Waals surface area (Å²) in [5, 5.41) is 17.9. The predicted molar refractivity (Wildman–Crippen MR) is 125 cm³/mol. The molecule has 10 heteroatoms. The number of ether oxygens (including phenoxy) is 1. The van der Waals surface area contributed by atoms with E-state index in [9.17, 15) is 14.7 Å². The fraction of sp³-hybridized carbons (Fsp3) is 0.542. The maximum Gasteiger partial charge on any atom is 0.414 e. The number of anilines is 1. The highest BCUT2D eigenvalue weighted by Crippen LogP contribution is 2.40. The molecule has 2 aromatic heterocycles. The molecule has 180 valence electrons. The summed E-state index contributed by atoms with van der Waals surface area (Å²) in [7, 11) is 1.41. The first-order valence-corrected chi connectivity index (χ1v) is 11.9. The van der Waals surface area contributed by atoms with Crippen LogP contribution >= 0.6 is 0 Å². The average Bonchev–Trinajstić information content (AvgIpc) is 3.49. The third-order valence-corrected chi connectivity index (χ3v) is 7.31. The Hall–Kier alpha value is -3.43. The molecule has 1 aromatic carbocycles. The van der Waals surface area contributed by atoms with Crippen LogP contribution in [0.15, 0.2) is 24.5 Å². The van der Waals surface area contributed by atoms with Crippen molar-refractivity contribution in [2.75, 3.05) is 12.0 Å². The Balaban J connectivity index is 1.56. The molecule has 1 N–H and O–H groups in total. The molecular formula is C24H30N6O4. The van der Waals surface area contributed by atoms with Gasteiger partial charge < -0.3 is 14.4 Å². The summed E-state index contributed by atoms with van der Waals surface area (Å²) in [6.45, 7) is 2.64. The molecule has 1 amide bonds. The van der Waals surface area contributed by atoms with E-state index in [1.807, 2.05) is 19.1 Å². The minimum Gasteiger partial charge on any atom is -0.481 e. The van der Waals surface area contributed by atoms with Gasteiger partial charge in [-0.3, -0.25) is 9.69 Å².